The molecule has 0 heterocycles. The first-order chi connectivity index (χ1) is 7.72. The summed E-state index contributed by atoms with van der Waals surface area (Å²) in [5, 5.41) is 6.51. The summed E-state index contributed by atoms with van der Waals surface area (Å²) in [7, 11) is 5.02. The van der Waals surface area contributed by atoms with Gasteiger partial charge in [0.15, 0.2) is 16.6 Å². The van der Waals surface area contributed by atoms with Crippen molar-refractivity contribution in [3.63, 3.8) is 0 Å². The summed E-state index contributed by atoms with van der Waals surface area (Å²) in [6.45, 7) is 0.597. The molecule has 16 heavy (non-hydrogen) atoms. The molecule has 0 amide bonds. The number of hydrogen-bond donors (Lipinski definition) is 2. The molecule has 0 aliphatic heterocycles. The molecular formula is C11H16N2O2S. The summed E-state index contributed by atoms with van der Waals surface area (Å²) in [5.41, 5.74) is 0.999. The smallest absolute Gasteiger partial charge is 0.166 e. The van der Waals surface area contributed by atoms with Gasteiger partial charge < -0.3 is 20.1 Å². The van der Waals surface area contributed by atoms with Crippen molar-refractivity contribution in [2.45, 2.75) is 6.54 Å². The molecule has 5 heteroatoms. The average Bonchev–Trinajstić information content (AvgIpc) is 2.34. The molecule has 0 radical (unpaired) electrons. The van der Waals surface area contributed by atoms with Gasteiger partial charge in [-0.05, 0) is 18.3 Å². The van der Waals surface area contributed by atoms with Gasteiger partial charge in [0.05, 0.1) is 14.2 Å². The second-order valence-corrected chi connectivity index (χ2v) is 3.49. The van der Waals surface area contributed by atoms with Crippen molar-refractivity contribution < 1.29 is 9.47 Å². The van der Waals surface area contributed by atoms with Crippen LogP contribution in [0.25, 0.3) is 0 Å². The van der Waals surface area contributed by atoms with Crippen LogP contribution in [0.3, 0.4) is 0 Å². The zero-order chi connectivity index (χ0) is 12.0. The topological polar surface area (TPSA) is 42.5 Å². The van der Waals surface area contributed by atoms with E-state index in [0.29, 0.717) is 11.7 Å². The van der Waals surface area contributed by atoms with Crippen LogP contribution >= 0.6 is 12.2 Å². The lowest BCUT2D eigenvalue weighted by Crippen LogP contribution is -2.31. The van der Waals surface area contributed by atoms with Crippen molar-refractivity contribution >= 4 is 17.3 Å². The molecule has 0 aliphatic carbocycles. The van der Waals surface area contributed by atoms with Gasteiger partial charge in [0.25, 0.3) is 0 Å². The maximum atomic E-state index is 5.30. The molecule has 0 atom stereocenters. The van der Waals surface area contributed by atoms with E-state index in [0.717, 1.165) is 17.1 Å². The number of para-hydroxylation sites is 1. The number of ether oxygens (including phenoxy) is 2. The minimum atomic E-state index is 0.597. The van der Waals surface area contributed by atoms with Crippen LogP contribution in [0.1, 0.15) is 5.56 Å². The van der Waals surface area contributed by atoms with Crippen LogP contribution in [0.15, 0.2) is 18.2 Å². The fourth-order valence-corrected chi connectivity index (χ4v) is 1.43. The highest BCUT2D eigenvalue weighted by Crippen LogP contribution is 2.30. The van der Waals surface area contributed by atoms with E-state index in [9.17, 15) is 0 Å². The van der Waals surface area contributed by atoms with Crippen molar-refractivity contribution in [3.05, 3.63) is 23.8 Å². The lowest BCUT2D eigenvalue weighted by atomic mass is 10.2. The molecule has 1 aromatic rings. The summed E-state index contributed by atoms with van der Waals surface area (Å²) in [6.07, 6.45) is 0. The molecule has 0 fully saturated rings. The van der Waals surface area contributed by atoms with Crippen molar-refractivity contribution in [3.8, 4) is 11.5 Å². The van der Waals surface area contributed by atoms with E-state index < -0.39 is 0 Å². The fourth-order valence-electron chi connectivity index (χ4n) is 1.36. The van der Waals surface area contributed by atoms with Gasteiger partial charge in [0.1, 0.15) is 0 Å². The Morgan fingerprint density at radius 2 is 2.06 bits per heavy atom. The van der Waals surface area contributed by atoms with E-state index in [-0.39, 0.29) is 0 Å². The maximum Gasteiger partial charge on any atom is 0.166 e. The number of benzene rings is 1. The lowest BCUT2D eigenvalue weighted by Gasteiger charge is -2.13. The number of thiocarbonyl (C=S) groups is 1. The minimum Gasteiger partial charge on any atom is -0.493 e. The van der Waals surface area contributed by atoms with Gasteiger partial charge >= 0.3 is 0 Å². The van der Waals surface area contributed by atoms with Crippen molar-refractivity contribution in [1.82, 2.24) is 10.6 Å². The van der Waals surface area contributed by atoms with Crippen LogP contribution in [-0.4, -0.2) is 26.4 Å². The largest absolute Gasteiger partial charge is 0.493 e. The zero-order valence-corrected chi connectivity index (χ0v) is 10.5. The van der Waals surface area contributed by atoms with Gasteiger partial charge in [-0.2, -0.15) is 0 Å². The van der Waals surface area contributed by atoms with Gasteiger partial charge in [0, 0.05) is 19.2 Å². The second kappa shape index (κ2) is 6.17. The van der Waals surface area contributed by atoms with Crippen molar-refractivity contribution in [1.29, 1.82) is 0 Å². The molecule has 1 aromatic carbocycles. The molecule has 0 aliphatic rings. The van der Waals surface area contributed by atoms with Gasteiger partial charge in [-0.3, -0.25) is 0 Å². The third-order valence-electron chi connectivity index (χ3n) is 2.15. The molecule has 4 nitrogen and oxygen atoms in total. The van der Waals surface area contributed by atoms with Crippen LogP contribution in [-0.2, 0) is 6.54 Å². The Balaban J connectivity index is 2.82. The molecule has 0 spiro atoms. The Bertz CT molecular complexity index is 369. The van der Waals surface area contributed by atoms with Crippen LogP contribution in [0.5, 0.6) is 11.5 Å². The van der Waals surface area contributed by atoms with E-state index in [1.165, 1.54) is 0 Å². The van der Waals surface area contributed by atoms with Crippen molar-refractivity contribution in [2.24, 2.45) is 0 Å². The van der Waals surface area contributed by atoms with Crippen LogP contribution in [0.2, 0.25) is 0 Å². The molecule has 0 unspecified atom stereocenters. The SMILES string of the molecule is CNC(=S)NCc1cccc(OC)c1OC. The third-order valence-corrected chi connectivity index (χ3v) is 2.50. The normalized spacial score (nSPS) is 9.44. The molecule has 1 rings (SSSR count). The molecular weight excluding hydrogens is 224 g/mol. The first-order valence-corrected chi connectivity index (χ1v) is 5.29. The van der Waals surface area contributed by atoms with E-state index >= 15 is 0 Å². The van der Waals surface area contributed by atoms with Gasteiger partial charge in [0.2, 0.25) is 0 Å². The van der Waals surface area contributed by atoms with E-state index in [4.69, 9.17) is 21.7 Å². The Labute approximate surface area is 101 Å². The molecule has 0 saturated carbocycles. The van der Waals surface area contributed by atoms with E-state index in [1.54, 1.807) is 21.3 Å². The zero-order valence-electron chi connectivity index (χ0n) is 9.66. The number of hydrogen-bond acceptors (Lipinski definition) is 3. The van der Waals surface area contributed by atoms with Crippen LogP contribution in [0.4, 0.5) is 0 Å². The van der Waals surface area contributed by atoms with Crippen LogP contribution < -0.4 is 20.1 Å². The third kappa shape index (κ3) is 3.00. The van der Waals surface area contributed by atoms with Gasteiger partial charge in [-0.15, -0.1) is 0 Å². The first-order valence-electron chi connectivity index (χ1n) is 4.88. The van der Waals surface area contributed by atoms with Crippen molar-refractivity contribution in [2.75, 3.05) is 21.3 Å². The lowest BCUT2D eigenvalue weighted by molar-refractivity contribution is 0.351. The Morgan fingerprint density at radius 3 is 2.62 bits per heavy atom. The van der Waals surface area contributed by atoms with Gasteiger partial charge in [-0.1, -0.05) is 12.1 Å². The Morgan fingerprint density at radius 1 is 1.31 bits per heavy atom. The summed E-state index contributed by atoms with van der Waals surface area (Å²) in [6, 6.07) is 5.74. The Kier molecular flexibility index (Phi) is 4.85. The highest BCUT2D eigenvalue weighted by atomic mass is 32.1. The summed E-state index contributed by atoms with van der Waals surface area (Å²) in [4.78, 5) is 0. The monoisotopic (exact) mass is 240 g/mol. The highest BCUT2D eigenvalue weighted by Gasteiger charge is 2.08. The second-order valence-electron chi connectivity index (χ2n) is 3.09. The van der Waals surface area contributed by atoms with Crippen LogP contribution in [0, 0.1) is 0 Å². The standard InChI is InChI=1S/C11H16N2O2S/c1-12-11(16)13-7-8-5-4-6-9(14-2)10(8)15-3/h4-6H,7H2,1-3H3,(H2,12,13,16). The quantitative estimate of drug-likeness (QED) is 0.777. The molecule has 2 N–H and O–H groups in total. The minimum absolute atomic E-state index is 0.597. The summed E-state index contributed by atoms with van der Waals surface area (Å²) >= 11 is 5.00. The predicted molar refractivity (Wildman–Crippen MR) is 68.0 cm³/mol. The van der Waals surface area contributed by atoms with Gasteiger partial charge in [-0.25, -0.2) is 0 Å². The predicted octanol–water partition coefficient (Wildman–Crippen LogP) is 1.30. The summed E-state index contributed by atoms with van der Waals surface area (Å²) in [5.74, 6) is 1.45. The molecule has 0 aromatic heterocycles. The molecule has 88 valence electrons. The average molecular weight is 240 g/mol. The molecule has 0 bridgehead atoms. The first kappa shape index (κ1) is 12.6. The number of rotatable bonds is 4. The molecule has 0 saturated heterocycles. The number of nitrogens with one attached hydrogen (secondary N) is 2. The maximum absolute atomic E-state index is 5.30. The van der Waals surface area contributed by atoms with E-state index in [1.807, 2.05) is 18.2 Å². The number of methoxy groups -OCH3 is 2. The fraction of sp³-hybridized carbons (Fsp3) is 0.364. The highest BCUT2D eigenvalue weighted by molar-refractivity contribution is 7.80. The van der Waals surface area contributed by atoms with E-state index in [2.05, 4.69) is 10.6 Å². The Hall–Kier alpha value is -1.49. The summed E-state index contributed by atoms with van der Waals surface area (Å²) < 4.78 is 10.5.